The number of fused-ring (bicyclic) bond motifs is 1. The van der Waals surface area contributed by atoms with Crippen molar-refractivity contribution in [1.29, 1.82) is 0 Å². The Balaban J connectivity index is 1.98. The summed E-state index contributed by atoms with van der Waals surface area (Å²) >= 11 is 0. The molecule has 122 valence electrons. The molecule has 23 heavy (non-hydrogen) atoms. The Morgan fingerprint density at radius 2 is 1.96 bits per heavy atom. The second-order valence-electron chi connectivity index (χ2n) is 5.45. The number of benzene rings is 2. The smallest absolute Gasteiger partial charge is 0.305 e. The van der Waals surface area contributed by atoms with Crippen LogP contribution in [-0.4, -0.2) is 49.6 Å². The van der Waals surface area contributed by atoms with Gasteiger partial charge in [-0.05, 0) is 22.9 Å². The predicted octanol–water partition coefficient (Wildman–Crippen LogP) is 1.70. The van der Waals surface area contributed by atoms with Gasteiger partial charge in [-0.3, -0.25) is 4.79 Å². The molecule has 1 aliphatic heterocycles. The Bertz CT molecular complexity index is 833. The zero-order chi connectivity index (χ0) is 16.4. The Kier molecular flexibility index (Phi) is 4.34. The van der Waals surface area contributed by atoms with Crippen LogP contribution in [0.3, 0.4) is 0 Å². The van der Waals surface area contributed by atoms with E-state index < -0.39 is 22.0 Å². The molecule has 6 nitrogen and oxygen atoms in total. The van der Waals surface area contributed by atoms with Gasteiger partial charge in [0, 0.05) is 6.54 Å². The SMILES string of the molecule is O=C(O)CC1COCCN1S(=O)(=O)c1ccc2ccccc2c1. The third-order valence-electron chi connectivity index (χ3n) is 3.91. The fourth-order valence-corrected chi connectivity index (χ4v) is 4.41. The minimum Gasteiger partial charge on any atom is -0.481 e. The van der Waals surface area contributed by atoms with Crippen molar-refractivity contribution in [2.24, 2.45) is 0 Å². The number of nitrogens with zero attached hydrogens (tertiary/aromatic N) is 1. The Labute approximate surface area is 134 Å². The number of hydrogen-bond acceptors (Lipinski definition) is 4. The topological polar surface area (TPSA) is 83.9 Å². The van der Waals surface area contributed by atoms with Gasteiger partial charge in [-0.25, -0.2) is 8.42 Å². The molecule has 1 fully saturated rings. The molecule has 1 saturated heterocycles. The maximum Gasteiger partial charge on any atom is 0.305 e. The van der Waals surface area contributed by atoms with Gasteiger partial charge in [0.05, 0.1) is 30.6 Å². The van der Waals surface area contributed by atoms with Crippen molar-refractivity contribution in [2.45, 2.75) is 17.4 Å². The summed E-state index contributed by atoms with van der Waals surface area (Å²) < 4.78 is 32.3. The van der Waals surface area contributed by atoms with Crippen molar-refractivity contribution in [3.05, 3.63) is 42.5 Å². The molecule has 0 saturated carbocycles. The number of aliphatic carboxylic acids is 1. The van der Waals surface area contributed by atoms with Gasteiger partial charge in [0.2, 0.25) is 10.0 Å². The molecule has 0 aliphatic carbocycles. The summed E-state index contributed by atoms with van der Waals surface area (Å²) in [5.41, 5.74) is 0. The monoisotopic (exact) mass is 335 g/mol. The van der Waals surface area contributed by atoms with E-state index in [0.29, 0.717) is 0 Å². The first-order chi connectivity index (χ1) is 11.0. The molecule has 1 aliphatic rings. The van der Waals surface area contributed by atoms with Gasteiger partial charge in [-0.1, -0.05) is 30.3 Å². The Morgan fingerprint density at radius 3 is 2.70 bits per heavy atom. The number of rotatable bonds is 4. The summed E-state index contributed by atoms with van der Waals surface area (Å²) in [5, 5.41) is 10.8. The van der Waals surface area contributed by atoms with Crippen molar-refractivity contribution in [3.63, 3.8) is 0 Å². The minimum atomic E-state index is -3.76. The van der Waals surface area contributed by atoms with Gasteiger partial charge in [-0.15, -0.1) is 0 Å². The van der Waals surface area contributed by atoms with Gasteiger partial charge in [-0.2, -0.15) is 4.31 Å². The molecule has 1 atom stereocenters. The predicted molar refractivity (Wildman–Crippen MR) is 84.7 cm³/mol. The van der Waals surface area contributed by atoms with Gasteiger partial charge >= 0.3 is 5.97 Å². The van der Waals surface area contributed by atoms with Crippen LogP contribution < -0.4 is 0 Å². The van der Waals surface area contributed by atoms with Gasteiger partial charge in [0.25, 0.3) is 0 Å². The maximum absolute atomic E-state index is 12.9. The molecular weight excluding hydrogens is 318 g/mol. The summed E-state index contributed by atoms with van der Waals surface area (Å²) in [5.74, 6) is -1.04. The van der Waals surface area contributed by atoms with Crippen molar-refractivity contribution in [1.82, 2.24) is 4.31 Å². The molecule has 0 aromatic heterocycles. The molecule has 1 unspecified atom stereocenters. The molecule has 0 spiro atoms. The fourth-order valence-electron chi connectivity index (χ4n) is 2.78. The minimum absolute atomic E-state index is 0.0963. The first-order valence-corrected chi connectivity index (χ1v) is 8.73. The van der Waals surface area contributed by atoms with E-state index in [9.17, 15) is 13.2 Å². The standard InChI is InChI=1S/C16H17NO5S/c18-16(19)10-14-11-22-8-7-17(14)23(20,21)15-6-5-12-3-1-2-4-13(12)9-15/h1-6,9,14H,7-8,10-11H2,(H,18,19). The number of sulfonamides is 1. The molecule has 0 bridgehead atoms. The van der Waals surface area contributed by atoms with Crippen molar-refractivity contribution in [3.8, 4) is 0 Å². The molecule has 2 aromatic rings. The number of morpholine rings is 1. The Morgan fingerprint density at radius 1 is 1.22 bits per heavy atom. The van der Waals surface area contributed by atoms with E-state index in [1.165, 1.54) is 4.31 Å². The number of carboxylic acids is 1. The zero-order valence-electron chi connectivity index (χ0n) is 12.4. The van der Waals surface area contributed by atoms with Crippen LogP contribution in [0.1, 0.15) is 6.42 Å². The number of hydrogen-bond donors (Lipinski definition) is 1. The van der Waals surface area contributed by atoms with Gasteiger partial charge in [0.15, 0.2) is 0 Å². The lowest BCUT2D eigenvalue weighted by Crippen LogP contribution is -2.49. The lowest BCUT2D eigenvalue weighted by Gasteiger charge is -2.33. The van der Waals surface area contributed by atoms with Crippen LogP contribution in [0.4, 0.5) is 0 Å². The molecule has 3 rings (SSSR count). The second-order valence-corrected chi connectivity index (χ2v) is 7.34. The third kappa shape index (κ3) is 3.21. The van der Waals surface area contributed by atoms with Crippen LogP contribution in [0.5, 0.6) is 0 Å². The molecule has 1 heterocycles. The zero-order valence-corrected chi connectivity index (χ0v) is 13.2. The van der Waals surface area contributed by atoms with E-state index in [1.807, 2.05) is 24.3 Å². The van der Waals surface area contributed by atoms with E-state index in [4.69, 9.17) is 9.84 Å². The van der Waals surface area contributed by atoms with Gasteiger partial charge in [0.1, 0.15) is 0 Å². The van der Waals surface area contributed by atoms with Crippen molar-refractivity contribution < 1.29 is 23.1 Å². The number of carboxylic acid groups (broad SMARTS) is 1. The van der Waals surface area contributed by atoms with Gasteiger partial charge < -0.3 is 9.84 Å². The summed E-state index contributed by atoms with van der Waals surface area (Å²) in [6.45, 7) is 0.523. The lowest BCUT2D eigenvalue weighted by molar-refractivity contribution is -0.139. The molecule has 7 heteroatoms. The van der Waals surface area contributed by atoms with E-state index in [2.05, 4.69) is 0 Å². The first kappa shape index (κ1) is 15.9. The molecular formula is C16H17NO5S. The lowest BCUT2D eigenvalue weighted by atomic mass is 10.1. The fraction of sp³-hybridized carbons (Fsp3) is 0.312. The highest BCUT2D eigenvalue weighted by atomic mass is 32.2. The van der Waals surface area contributed by atoms with Crippen molar-refractivity contribution in [2.75, 3.05) is 19.8 Å². The highest BCUT2D eigenvalue weighted by Gasteiger charge is 2.35. The van der Waals surface area contributed by atoms with E-state index in [1.54, 1.807) is 18.2 Å². The van der Waals surface area contributed by atoms with E-state index in [-0.39, 0.29) is 31.1 Å². The van der Waals surface area contributed by atoms with Crippen LogP contribution in [0.25, 0.3) is 10.8 Å². The highest BCUT2D eigenvalue weighted by molar-refractivity contribution is 7.89. The summed E-state index contributed by atoms with van der Waals surface area (Å²) in [4.78, 5) is 11.1. The number of carbonyl (C=O) groups is 1. The van der Waals surface area contributed by atoms with Crippen LogP contribution in [-0.2, 0) is 19.6 Å². The Hall–Kier alpha value is -1.96. The third-order valence-corrected chi connectivity index (χ3v) is 5.86. The average Bonchev–Trinajstić information content (AvgIpc) is 2.54. The molecule has 2 aromatic carbocycles. The molecule has 1 N–H and O–H groups in total. The molecule has 0 radical (unpaired) electrons. The normalized spacial score (nSPS) is 19.7. The summed E-state index contributed by atoms with van der Waals surface area (Å²) in [6.07, 6.45) is -0.271. The molecule has 0 amide bonds. The van der Waals surface area contributed by atoms with Crippen molar-refractivity contribution >= 4 is 26.8 Å². The van der Waals surface area contributed by atoms with Crippen LogP contribution in [0, 0.1) is 0 Å². The van der Waals surface area contributed by atoms with E-state index in [0.717, 1.165) is 10.8 Å². The largest absolute Gasteiger partial charge is 0.481 e. The summed E-state index contributed by atoms with van der Waals surface area (Å²) in [7, 11) is -3.76. The second kappa shape index (κ2) is 6.27. The van der Waals surface area contributed by atoms with Crippen LogP contribution in [0.15, 0.2) is 47.4 Å². The van der Waals surface area contributed by atoms with E-state index >= 15 is 0 Å². The van der Waals surface area contributed by atoms with Crippen LogP contribution in [0.2, 0.25) is 0 Å². The quantitative estimate of drug-likeness (QED) is 0.919. The maximum atomic E-state index is 12.9. The average molecular weight is 335 g/mol. The number of ether oxygens (including phenoxy) is 1. The van der Waals surface area contributed by atoms with Crippen LogP contribution >= 0.6 is 0 Å². The highest BCUT2D eigenvalue weighted by Crippen LogP contribution is 2.25. The first-order valence-electron chi connectivity index (χ1n) is 7.28. The summed E-state index contributed by atoms with van der Waals surface area (Å²) in [6, 6.07) is 11.8.